The Morgan fingerprint density at radius 2 is 2.09 bits per heavy atom. The predicted molar refractivity (Wildman–Crippen MR) is 100 cm³/mol. The molecule has 0 unspecified atom stereocenters. The van der Waals surface area contributed by atoms with Crippen molar-refractivity contribution in [1.82, 2.24) is 10.7 Å². The average molecular weight is 358 g/mol. The van der Waals surface area contributed by atoms with Gasteiger partial charge in [-0.3, -0.25) is 5.43 Å². The lowest BCUT2D eigenvalue weighted by Gasteiger charge is -2.21. The third kappa shape index (κ3) is 7.05. The van der Waals surface area contributed by atoms with Gasteiger partial charge in [-0.15, -0.1) is 0 Å². The minimum Gasteiger partial charge on any atom is -0.493 e. The average Bonchev–Trinajstić information content (AvgIpc) is 2.43. The van der Waals surface area contributed by atoms with Gasteiger partial charge in [0.1, 0.15) is 0 Å². The summed E-state index contributed by atoms with van der Waals surface area (Å²) >= 11 is 11.4. The van der Waals surface area contributed by atoms with Crippen molar-refractivity contribution in [3.8, 4) is 11.5 Å². The van der Waals surface area contributed by atoms with Gasteiger partial charge in [0.25, 0.3) is 0 Å². The van der Waals surface area contributed by atoms with Crippen molar-refractivity contribution in [3.63, 3.8) is 0 Å². The van der Waals surface area contributed by atoms with Crippen LogP contribution in [0.1, 0.15) is 39.7 Å². The molecule has 0 aliphatic carbocycles. The maximum absolute atomic E-state index is 6.25. The Hall–Kier alpha value is -1.53. The highest BCUT2D eigenvalue weighted by Crippen LogP contribution is 2.36. The van der Waals surface area contributed by atoms with Gasteiger partial charge in [-0.05, 0) is 57.1 Å². The van der Waals surface area contributed by atoms with E-state index in [1.54, 1.807) is 19.4 Å². The minimum absolute atomic E-state index is 0.121. The van der Waals surface area contributed by atoms with Crippen molar-refractivity contribution in [1.29, 1.82) is 0 Å². The summed E-state index contributed by atoms with van der Waals surface area (Å²) in [6.07, 6.45) is 2.51. The van der Waals surface area contributed by atoms with Crippen molar-refractivity contribution in [3.05, 3.63) is 22.7 Å². The summed E-state index contributed by atoms with van der Waals surface area (Å²) in [5.41, 5.74) is 3.43. The lowest BCUT2D eigenvalue weighted by molar-refractivity contribution is 0.294. The van der Waals surface area contributed by atoms with E-state index in [4.69, 9.17) is 33.3 Å². The second kappa shape index (κ2) is 8.93. The van der Waals surface area contributed by atoms with E-state index < -0.39 is 0 Å². The Morgan fingerprint density at radius 3 is 2.65 bits per heavy atom. The van der Waals surface area contributed by atoms with E-state index in [1.165, 1.54) is 0 Å². The lowest BCUT2D eigenvalue weighted by Crippen LogP contribution is -2.44. The van der Waals surface area contributed by atoms with E-state index in [1.807, 2.05) is 33.8 Å². The van der Waals surface area contributed by atoms with Crippen molar-refractivity contribution in [2.45, 2.75) is 39.7 Å². The quantitative estimate of drug-likeness (QED) is 0.461. The second-order valence-electron chi connectivity index (χ2n) is 5.96. The summed E-state index contributed by atoms with van der Waals surface area (Å²) in [5, 5.41) is 8.14. The molecule has 2 N–H and O–H groups in total. The largest absolute Gasteiger partial charge is 0.493 e. The molecule has 5 nitrogen and oxygen atoms in total. The molecule has 7 heteroatoms. The molecule has 1 aromatic rings. The van der Waals surface area contributed by atoms with Crippen LogP contribution in [0.2, 0.25) is 5.02 Å². The first-order valence-corrected chi connectivity index (χ1v) is 8.17. The number of methoxy groups -OCH3 is 1. The molecule has 1 aromatic carbocycles. The summed E-state index contributed by atoms with van der Waals surface area (Å²) < 4.78 is 10.9. The maximum atomic E-state index is 6.25. The lowest BCUT2D eigenvalue weighted by atomic mass is 10.1. The highest BCUT2D eigenvalue weighted by molar-refractivity contribution is 7.80. The fraction of sp³-hybridized carbons (Fsp3) is 0.500. The summed E-state index contributed by atoms with van der Waals surface area (Å²) in [4.78, 5) is 0. The smallest absolute Gasteiger partial charge is 0.187 e. The molecule has 0 aliphatic rings. The van der Waals surface area contributed by atoms with Crippen LogP contribution in [0.15, 0.2) is 17.2 Å². The first-order valence-electron chi connectivity index (χ1n) is 7.38. The molecule has 128 valence electrons. The molecule has 0 aliphatic heterocycles. The third-order valence-electron chi connectivity index (χ3n) is 2.57. The molecule has 1 rings (SSSR count). The van der Waals surface area contributed by atoms with Crippen LogP contribution < -0.4 is 20.2 Å². The summed E-state index contributed by atoms with van der Waals surface area (Å²) in [6.45, 7) is 8.67. The van der Waals surface area contributed by atoms with E-state index in [0.717, 1.165) is 12.0 Å². The Balaban J connectivity index is 2.79. The Bertz CT molecular complexity index is 571. The number of thiocarbonyl (C=S) groups is 1. The van der Waals surface area contributed by atoms with Gasteiger partial charge in [0, 0.05) is 5.54 Å². The molecule has 23 heavy (non-hydrogen) atoms. The fourth-order valence-electron chi connectivity index (χ4n) is 1.69. The van der Waals surface area contributed by atoms with E-state index in [9.17, 15) is 0 Å². The van der Waals surface area contributed by atoms with Crippen LogP contribution in [0.5, 0.6) is 11.5 Å². The maximum Gasteiger partial charge on any atom is 0.187 e. The highest BCUT2D eigenvalue weighted by atomic mass is 35.5. The molecule has 0 heterocycles. The number of ether oxygens (including phenoxy) is 2. The topological polar surface area (TPSA) is 54.9 Å². The zero-order chi connectivity index (χ0) is 17.5. The van der Waals surface area contributed by atoms with Crippen LogP contribution in [0.25, 0.3) is 0 Å². The van der Waals surface area contributed by atoms with Crippen LogP contribution in [-0.4, -0.2) is 30.6 Å². The van der Waals surface area contributed by atoms with Gasteiger partial charge < -0.3 is 14.8 Å². The molecule has 0 saturated carbocycles. The molecule has 0 aromatic heterocycles. The summed E-state index contributed by atoms with van der Waals surface area (Å²) in [7, 11) is 1.58. The van der Waals surface area contributed by atoms with Crippen molar-refractivity contribution in [2.24, 2.45) is 5.10 Å². The normalized spacial score (nSPS) is 11.4. The molecular formula is C16H24ClN3O2S. The van der Waals surface area contributed by atoms with Gasteiger partial charge in [0.05, 0.1) is 25.0 Å². The van der Waals surface area contributed by atoms with Gasteiger partial charge in [-0.1, -0.05) is 18.5 Å². The molecule has 0 atom stereocenters. The van der Waals surface area contributed by atoms with Gasteiger partial charge in [0.15, 0.2) is 16.6 Å². The zero-order valence-electron chi connectivity index (χ0n) is 14.2. The number of nitrogens with zero attached hydrogens (tertiary/aromatic N) is 1. The number of nitrogens with one attached hydrogen (secondary N) is 2. The number of rotatable bonds is 6. The molecule has 0 amide bonds. The number of hydrogen-bond donors (Lipinski definition) is 2. The number of hydrazone groups is 1. The first kappa shape index (κ1) is 19.5. The molecule has 0 spiro atoms. The highest BCUT2D eigenvalue weighted by Gasteiger charge is 2.12. The van der Waals surface area contributed by atoms with E-state index in [-0.39, 0.29) is 5.54 Å². The van der Waals surface area contributed by atoms with Gasteiger partial charge in [0.2, 0.25) is 0 Å². The van der Waals surface area contributed by atoms with Crippen LogP contribution in [0.4, 0.5) is 0 Å². The zero-order valence-corrected chi connectivity index (χ0v) is 15.8. The number of benzene rings is 1. The van der Waals surface area contributed by atoms with Crippen LogP contribution in [0.3, 0.4) is 0 Å². The monoisotopic (exact) mass is 357 g/mol. The number of halogens is 1. The van der Waals surface area contributed by atoms with E-state index >= 15 is 0 Å². The van der Waals surface area contributed by atoms with Crippen molar-refractivity contribution < 1.29 is 9.47 Å². The summed E-state index contributed by atoms with van der Waals surface area (Å²) in [6, 6.07) is 3.57. The number of hydrogen-bond acceptors (Lipinski definition) is 4. The third-order valence-corrected chi connectivity index (χ3v) is 3.04. The molecule has 0 saturated heterocycles. The second-order valence-corrected chi connectivity index (χ2v) is 6.77. The van der Waals surface area contributed by atoms with Gasteiger partial charge >= 0.3 is 0 Å². The SMILES string of the molecule is CCCOc1c(Cl)cc(/C=N\NC(=S)NC(C)(C)C)cc1OC. The van der Waals surface area contributed by atoms with E-state index in [0.29, 0.717) is 28.2 Å². The Morgan fingerprint density at radius 1 is 1.39 bits per heavy atom. The van der Waals surface area contributed by atoms with Crippen molar-refractivity contribution in [2.75, 3.05) is 13.7 Å². The van der Waals surface area contributed by atoms with Gasteiger partial charge in [-0.2, -0.15) is 5.10 Å². The van der Waals surface area contributed by atoms with Gasteiger partial charge in [-0.25, -0.2) is 0 Å². The summed E-state index contributed by atoms with van der Waals surface area (Å²) in [5.74, 6) is 1.12. The molecule has 0 bridgehead atoms. The Kier molecular flexibility index (Phi) is 7.58. The van der Waals surface area contributed by atoms with E-state index in [2.05, 4.69) is 15.8 Å². The predicted octanol–water partition coefficient (Wildman–Crippen LogP) is 3.73. The Labute approximate surface area is 148 Å². The fourth-order valence-corrected chi connectivity index (χ4v) is 2.33. The molecular weight excluding hydrogens is 334 g/mol. The molecule has 0 radical (unpaired) electrons. The first-order chi connectivity index (χ1) is 10.8. The van der Waals surface area contributed by atoms with Crippen LogP contribution >= 0.6 is 23.8 Å². The van der Waals surface area contributed by atoms with Crippen LogP contribution in [0, 0.1) is 0 Å². The molecule has 0 fully saturated rings. The van der Waals surface area contributed by atoms with Crippen LogP contribution in [-0.2, 0) is 0 Å². The minimum atomic E-state index is -0.121. The van der Waals surface area contributed by atoms with Crippen molar-refractivity contribution >= 4 is 35.1 Å². The standard InChI is InChI=1S/C16H24ClN3O2S/c1-6-7-22-14-12(17)8-11(9-13(14)21-5)10-18-20-15(23)19-16(2,3)4/h8-10H,6-7H2,1-5H3,(H2,19,20,23)/b18-10-.